The molecule has 1 amide bonds. The van der Waals surface area contributed by atoms with Gasteiger partial charge in [0.1, 0.15) is 6.04 Å². The molecule has 1 aromatic heterocycles. The Morgan fingerprint density at radius 1 is 1.05 bits per heavy atom. The van der Waals surface area contributed by atoms with Crippen molar-refractivity contribution in [3.63, 3.8) is 0 Å². The molecule has 0 radical (unpaired) electrons. The molecule has 0 aliphatic carbocycles. The first kappa shape index (κ1) is 28.0. The lowest BCUT2D eigenvalue weighted by molar-refractivity contribution is -0.143. The van der Waals surface area contributed by atoms with Crippen LogP contribution < -0.4 is 20.3 Å². The first-order valence-corrected chi connectivity index (χ1v) is 13.5. The Morgan fingerprint density at radius 2 is 1.82 bits per heavy atom. The van der Waals surface area contributed by atoms with Crippen LogP contribution in [0.25, 0.3) is 0 Å². The van der Waals surface area contributed by atoms with Crippen molar-refractivity contribution in [1.29, 1.82) is 0 Å². The van der Waals surface area contributed by atoms with Gasteiger partial charge in [-0.1, -0.05) is 56.2 Å². The van der Waals surface area contributed by atoms with Crippen molar-refractivity contribution in [2.75, 3.05) is 13.4 Å². The first-order valence-electron chi connectivity index (χ1n) is 13.5. The molecule has 8 heteroatoms. The van der Waals surface area contributed by atoms with Crippen LogP contribution in [0.2, 0.25) is 0 Å². The van der Waals surface area contributed by atoms with E-state index in [-0.39, 0.29) is 31.3 Å². The van der Waals surface area contributed by atoms with Crippen LogP contribution in [0.1, 0.15) is 73.9 Å². The van der Waals surface area contributed by atoms with Gasteiger partial charge in [-0.25, -0.2) is 0 Å². The third kappa shape index (κ3) is 7.07. The average molecular weight is 533 g/mol. The largest absolute Gasteiger partial charge is 0.466 e. The zero-order valence-corrected chi connectivity index (χ0v) is 22.8. The Kier molecular flexibility index (Phi) is 9.41. The quantitative estimate of drug-likeness (QED) is 0.329. The molecule has 0 saturated carbocycles. The summed E-state index contributed by atoms with van der Waals surface area (Å²) >= 11 is 0. The molecule has 2 aromatic carbocycles. The van der Waals surface area contributed by atoms with E-state index >= 15 is 0 Å². The summed E-state index contributed by atoms with van der Waals surface area (Å²) in [5.74, 6) is 0.411. The standard InChI is InChI=1S/C31H36N2O6/c1-4-6-12-26(33-19-21(3)15-24(31(33)36)16-22-10-8-7-9-11-22)30(35)32-25(18-29(34)37-5-2)23-13-14-27-28(17-23)39-20-38-27/h7-11,13-15,17,19,25-26H,4-6,12,16,18,20H2,1-3H3,(H,32,35)/t25-,26?/m0/s1. The fourth-order valence-corrected chi connectivity index (χ4v) is 4.82. The fourth-order valence-electron chi connectivity index (χ4n) is 4.82. The number of aryl methyl sites for hydroxylation is 1. The van der Waals surface area contributed by atoms with Crippen LogP contribution in [0, 0.1) is 6.92 Å². The second kappa shape index (κ2) is 13.1. The normalized spacial score (nSPS) is 13.5. The molecular weight excluding hydrogens is 496 g/mol. The second-order valence-electron chi connectivity index (χ2n) is 9.76. The van der Waals surface area contributed by atoms with Gasteiger partial charge in [0, 0.05) is 18.2 Å². The molecule has 0 spiro atoms. The van der Waals surface area contributed by atoms with E-state index in [2.05, 4.69) is 5.32 Å². The van der Waals surface area contributed by atoms with E-state index < -0.39 is 18.1 Å². The Labute approximate surface area is 228 Å². The predicted octanol–water partition coefficient (Wildman–Crippen LogP) is 5.02. The number of nitrogens with one attached hydrogen (secondary N) is 1. The highest BCUT2D eigenvalue weighted by Crippen LogP contribution is 2.35. The minimum Gasteiger partial charge on any atom is -0.466 e. The Morgan fingerprint density at radius 3 is 2.56 bits per heavy atom. The molecule has 8 nitrogen and oxygen atoms in total. The van der Waals surface area contributed by atoms with E-state index in [1.54, 1.807) is 35.9 Å². The molecular formula is C31H36N2O6. The summed E-state index contributed by atoms with van der Waals surface area (Å²) in [7, 11) is 0. The molecule has 2 atom stereocenters. The van der Waals surface area contributed by atoms with Crippen molar-refractivity contribution >= 4 is 11.9 Å². The van der Waals surface area contributed by atoms with Crippen molar-refractivity contribution in [1.82, 2.24) is 9.88 Å². The Hall–Kier alpha value is -4.07. The van der Waals surface area contributed by atoms with Gasteiger partial charge in [0.15, 0.2) is 11.5 Å². The van der Waals surface area contributed by atoms with Crippen LogP contribution in [0.3, 0.4) is 0 Å². The third-order valence-electron chi connectivity index (χ3n) is 6.75. The molecule has 1 aliphatic heterocycles. The number of amides is 1. The maximum atomic E-state index is 13.9. The highest BCUT2D eigenvalue weighted by molar-refractivity contribution is 5.82. The van der Waals surface area contributed by atoms with Gasteiger partial charge >= 0.3 is 5.97 Å². The molecule has 1 unspecified atom stereocenters. The summed E-state index contributed by atoms with van der Waals surface area (Å²) < 4.78 is 17.7. The number of fused-ring (bicyclic) bond motifs is 1. The highest BCUT2D eigenvalue weighted by Gasteiger charge is 2.28. The zero-order chi connectivity index (χ0) is 27.8. The number of carbonyl (C=O) groups is 2. The summed E-state index contributed by atoms with van der Waals surface area (Å²) in [5.41, 5.74) is 3.06. The van der Waals surface area contributed by atoms with Crippen molar-refractivity contribution in [3.8, 4) is 11.5 Å². The van der Waals surface area contributed by atoms with Gasteiger partial charge in [-0.3, -0.25) is 14.4 Å². The SMILES string of the molecule is CCCCC(C(=O)N[C@@H](CC(=O)OCC)c1ccc2c(c1)OCO2)n1cc(C)cc(Cc2ccccc2)c1=O. The molecule has 0 fully saturated rings. The molecule has 4 rings (SSSR count). The van der Waals surface area contributed by atoms with Crippen LogP contribution >= 0.6 is 0 Å². The van der Waals surface area contributed by atoms with Crippen molar-refractivity contribution in [3.05, 3.63) is 93.4 Å². The number of benzene rings is 2. The summed E-state index contributed by atoms with van der Waals surface area (Å²) in [6, 6.07) is 15.6. The van der Waals surface area contributed by atoms with E-state index in [1.807, 2.05) is 50.2 Å². The summed E-state index contributed by atoms with van der Waals surface area (Å²) in [6.07, 6.45) is 4.30. The van der Waals surface area contributed by atoms with Crippen LogP contribution in [0.5, 0.6) is 11.5 Å². The fraction of sp³-hybridized carbons (Fsp3) is 0.387. The summed E-state index contributed by atoms with van der Waals surface area (Å²) in [4.78, 5) is 40.0. The van der Waals surface area contributed by atoms with E-state index in [1.165, 1.54) is 0 Å². The molecule has 39 heavy (non-hydrogen) atoms. The maximum Gasteiger partial charge on any atom is 0.308 e. The van der Waals surface area contributed by atoms with Gasteiger partial charge in [0.05, 0.1) is 19.1 Å². The molecule has 1 N–H and O–H groups in total. The van der Waals surface area contributed by atoms with Gasteiger partial charge in [-0.2, -0.15) is 0 Å². The number of hydrogen-bond donors (Lipinski definition) is 1. The third-order valence-corrected chi connectivity index (χ3v) is 6.75. The minimum atomic E-state index is -0.731. The molecule has 1 aliphatic rings. The average Bonchev–Trinajstić information content (AvgIpc) is 3.40. The van der Waals surface area contributed by atoms with E-state index in [9.17, 15) is 14.4 Å². The van der Waals surface area contributed by atoms with Crippen LogP contribution in [-0.4, -0.2) is 29.8 Å². The molecule has 0 bridgehead atoms. The maximum absolute atomic E-state index is 13.9. The number of unbranched alkanes of at least 4 members (excludes halogenated alkanes) is 1. The number of hydrogen-bond acceptors (Lipinski definition) is 6. The highest BCUT2D eigenvalue weighted by atomic mass is 16.7. The van der Waals surface area contributed by atoms with Gasteiger partial charge in [0.2, 0.25) is 12.7 Å². The number of ether oxygens (including phenoxy) is 3. The number of aromatic nitrogens is 1. The van der Waals surface area contributed by atoms with E-state index in [4.69, 9.17) is 14.2 Å². The zero-order valence-electron chi connectivity index (χ0n) is 22.8. The molecule has 206 valence electrons. The van der Waals surface area contributed by atoms with Gasteiger partial charge in [-0.15, -0.1) is 0 Å². The number of carbonyl (C=O) groups excluding carboxylic acids is 2. The Bertz CT molecular complexity index is 1350. The van der Waals surface area contributed by atoms with Gasteiger partial charge in [-0.05, 0) is 55.2 Å². The lowest BCUT2D eigenvalue weighted by Crippen LogP contribution is -2.40. The van der Waals surface area contributed by atoms with Crippen LogP contribution in [0.4, 0.5) is 0 Å². The number of rotatable bonds is 12. The first-order chi connectivity index (χ1) is 18.9. The topological polar surface area (TPSA) is 95.9 Å². The number of pyridine rings is 1. The smallest absolute Gasteiger partial charge is 0.308 e. The molecule has 2 heterocycles. The molecule has 0 saturated heterocycles. The number of esters is 1. The van der Waals surface area contributed by atoms with Gasteiger partial charge < -0.3 is 24.1 Å². The van der Waals surface area contributed by atoms with Crippen LogP contribution in [-0.2, 0) is 20.7 Å². The predicted molar refractivity (Wildman–Crippen MR) is 148 cm³/mol. The molecule has 3 aromatic rings. The Balaban J connectivity index is 1.65. The monoisotopic (exact) mass is 532 g/mol. The van der Waals surface area contributed by atoms with E-state index in [0.29, 0.717) is 35.5 Å². The van der Waals surface area contributed by atoms with Crippen molar-refractivity contribution in [2.24, 2.45) is 0 Å². The van der Waals surface area contributed by atoms with E-state index in [0.717, 1.165) is 24.0 Å². The van der Waals surface area contributed by atoms with Crippen LogP contribution in [0.15, 0.2) is 65.6 Å². The lowest BCUT2D eigenvalue weighted by Gasteiger charge is -2.25. The van der Waals surface area contributed by atoms with Crippen molar-refractivity contribution < 1.29 is 23.8 Å². The summed E-state index contributed by atoms with van der Waals surface area (Å²) in [6.45, 7) is 6.07. The summed E-state index contributed by atoms with van der Waals surface area (Å²) in [5, 5.41) is 3.04. The van der Waals surface area contributed by atoms with Gasteiger partial charge in [0.25, 0.3) is 5.56 Å². The second-order valence-corrected chi connectivity index (χ2v) is 9.76. The number of nitrogens with zero attached hydrogens (tertiary/aromatic N) is 1. The van der Waals surface area contributed by atoms with Crippen molar-refractivity contribution in [2.45, 2.75) is 65.0 Å². The lowest BCUT2D eigenvalue weighted by atomic mass is 10.0. The minimum absolute atomic E-state index is 0.0539.